The van der Waals surface area contributed by atoms with Crippen molar-refractivity contribution >= 4 is 12.0 Å². The number of aryl methyl sites for hydroxylation is 1. The summed E-state index contributed by atoms with van der Waals surface area (Å²) in [4.78, 5) is 25.0. The van der Waals surface area contributed by atoms with Gasteiger partial charge in [0, 0.05) is 6.54 Å². The van der Waals surface area contributed by atoms with Crippen molar-refractivity contribution in [3.8, 4) is 0 Å². The maximum atomic E-state index is 12.2. The lowest BCUT2D eigenvalue weighted by Crippen LogP contribution is -2.41. The normalized spacial score (nSPS) is 17.9. The second kappa shape index (κ2) is 6.41. The van der Waals surface area contributed by atoms with Crippen molar-refractivity contribution in [3.63, 3.8) is 0 Å². The number of ether oxygens (including phenoxy) is 1. The Balaban J connectivity index is 2.06. The largest absolute Gasteiger partial charge is 0.468 e. The number of esters is 1. The van der Waals surface area contributed by atoms with Gasteiger partial charge in [0.25, 0.3) is 0 Å². The summed E-state index contributed by atoms with van der Waals surface area (Å²) in [6.45, 7) is 2.68. The molecule has 1 fully saturated rings. The molecular formula is C15H20N2O3. The number of hydrogen-bond acceptors (Lipinski definition) is 3. The van der Waals surface area contributed by atoms with E-state index in [4.69, 9.17) is 0 Å². The van der Waals surface area contributed by atoms with Crippen LogP contribution in [0.2, 0.25) is 0 Å². The number of rotatable bonds is 3. The van der Waals surface area contributed by atoms with Crippen molar-refractivity contribution in [2.24, 2.45) is 0 Å². The zero-order valence-corrected chi connectivity index (χ0v) is 11.9. The molecule has 0 bridgehead atoms. The zero-order chi connectivity index (χ0) is 14.5. The fourth-order valence-electron chi connectivity index (χ4n) is 2.62. The molecule has 0 saturated carbocycles. The van der Waals surface area contributed by atoms with E-state index >= 15 is 0 Å². The monoisotopic (exact) mass is 276 g/mol. The molecule has 2 amide bonds. The van der Waals surface area contributed by atoms with Crippen molar-refractivity contribution in [3.05, 3.63) is 35.4 Å². The lowest BCUT2D eigenvalue weighted by molar-refractivity contribution is -0.139. The molecule has 1 aliphatic heterocycles. The molecule has 5 heteroatoms. The predicted molar refractivity (Wildman–Crippen MR) is 75.3 cm³/mol. The van der Waals surface area contributed by atoms with Crippen LogP contribution < -0.4 is 5.32 Å². The van der Waals surface area contributed by atoms with Crippen LogP contribution >= 0.6 is 0 Å². The van der Waals surface area contributed by atoms with Gasteiger partial charge in [-0.05, 0) is 30.9 Å². The summed E-state index contributed by atoms with van der Waals surface area (Å²) in [6, 6.07) is 7.99. The minimum Gasteiger partial charge on any atom is -0.468 e. The molecule has 1 N–H and O–H groups in total. The van der Waals surface area contributed by atoms with Gasteiger partial charge in [0.15, 0.2) is 0 Å². The summed E-state index contributed by atoms with van der Waals surface area (Å²) in [7, 11) is 1.31. The summed E-state index contributed by atoms with van der Waals surface area (Å²) in [5, 5.41) is 2.61. The third-order valence-electron chi connectivity index (χ3n) is 3.67. The molecule has 2 rings (SSSR count). The molecule has 1 atom stereocenters. The highest BCUT2D eigenvalue weighted by Gasteiger charge is 2.30. The van der Waals surface area contributed by atoms with Crippen LogP contribution in [-0.4, -0.2) is 37.1 Å². The van der Waals surface area contributed by atoms with Crippen LogP contribution in [0.5, 0.6) is 0 Å². The van der Waals surface area contributed by atoms with Crippen LogP contribution in [0.15, 0.2) is 24.3 Å². The molecule has 0 unspecified atom stereocenters. The highest BCUT2D eigenvalue weighted by atomic mass is 16.5. The Kier molecular flexibility index (Phi) is 4.61. The van der Waals surface area contributed by atoms with E-state index < -0.39 is 5.97 Å². The molecule has 1 aliphatic rings. The lowest BCUT2D eigenvalue weighted by atomic mass is 9.99. The second-order valence-electron chi connectivity index (χ2n) is 4.94. The molecule has 1 heterocycles. The van der Waals surface area contributed by atoms with Crippen molar-refractivity contribution in [1.29, 1.82) is 0 Å². The minimum absolute atomic E-state index is 0.0909. The van der Waals surface area contributed by atoms with Crippen LogP contribution in [0.1, 0.15) is 30.0 Å². The van der Waals surface area contributed by atoms with E-state index in [1.807, 2.05) is 12.1 Å². The van der Waals surface area contributed by atoms with Crippen molar-refractivity contribution in [2.75, 3.05) is 20.2 Å². The highest BCUT2D eigenvalue weighted by molar-refractivity contribution is 5.81. The molecular weight excluding hydrogens is 256 g/mol. The summed E-state index contributed by atoms with van der Waals surface area (Å²) < 4.78 is 4.52. The first-order valence-electron chi connectivity index (χ1n) is 6.80. The summed E-state index contributed by atoms with van der Waals surface area (Å²) in [5.41, 5.74) is 2.36. The molecule has 0 spiro atoms. The van der Waals surface area contributed by atoms with Gasteiger partial charge in [-0.15, -0.1) is 0 Å². The first-order valence-corrected chi connectivity index (χ1v) is 6.80. The first-order chi connectivity index (χ1) is 9.63. The Labute approximate surface area is 118 Å². The molecule has 108 valence electrons. The smallest absolute Gasteiger partial charge is 0.325 e. The summed E-state index contributed by atoms with van der Waals surface area (Å²) in [5.74, 6) is -0.440. The number of likely N-dealkylation sites (tertiary alicyclic amines) is 1. The van der Waals surface area contributed by atoms with E-state index in [9.17, 15) is 9.59 Å². The van der Waals surface area contributed by atoms with Crippen LogP contribution in [-0.2, 0) is 9.53 Å². The van der Waals surface area contributed by atoms with Gasteiger partial charge in [0.05, 0.1) is 13.2 Å². The Morgan fingerprint density at radius 2 is 2.15 bits per heavy atom. The number of methoxy groups -OCH3 is 1. The van der Waals surface area contributed by atoms with Gasteiger partial charge in [-0.2, -0.15) is 0 Å². The Bertz CT molecular complexity index is 502. The van der Waals surface area contributed by atoms with Gasteiger partial charge in [0.2, 0.25) is 0 Å². The van der Waals surface area contributed by atoms with Crippen LogP contribution in [0, 0.1) is 6.92 Å². The molecule has 0 aliphatic carbocycles. The summed E-state index contributed by atoms with van der Waals surface area (Å²) in [6.07, 6.45) is 1.93. The highest BCUT2D eigenvalue weighted by Crippen LogP contribution is 2.33. The van der Waals surface area contributed by atoms with Gasteiger partial charge < -0.3 is 15.0 Å². The number of nitrogens with zero attached hydrogens (tertiary/aromatic N) is 1. The van der Waals surface area contributed by atoms with Crippen LogP contribution in [0.25, 0.3) is 0 Å². The molecule has 5 nitrogen and oxygen atoms in total. The Morgan fingerprint density at radius 3 is 2.85 bits per heavy atom. The van der Waals surface area contributed by atoms with Crippen LogP contribution in [0.4, 0.5) is 4.79 Å². The van der Waals surface area contributed by atoms with Gasteiger partial charge >= 0.3 is 12.0 Å². The van der Waals surface area contributed by atoms with Crippen molar-refractivity contribution < 1.29 is 14.3 Å². The van der Waals surface area contributed by atoms with E-state index in [1.54, 1.807) is 4.90 Å². The Morgan fingerprint density at radius 1 is 1.40 bits per heavy atom. The molecule has 0 aromatic heterocycles. The van der Waals surface area contributed by atoms with Crippen LogP contribution in [0.3, 0.4) is 0 Å². The number of carbonyl (C=O) groups excluding carboxylic acids is 2. The van der Waals surface area contributed by atoms with Crippen molar-refractivity contribution in [1.82, 2.24) is 10.2 Å². The average Bonchev–Trinajstić information content (AvgIpc) is 2.94. The third kappa shape index (κ3) is 3.10. The van der Waals surface area contributed by atoms with Gasteiger partial charge in [-0.1, -0.05) is 24.3 Å². The van der Waals surface area contributed by atoms with E-state index in [1.165, 1.54) is 18.2 Å². The number of carbonyl (C=O) groups is 2. The van der Waals surface area contributed by atoms with Gasteiger partial charge in [-0.25, -0.2) is 4.79 Å². The topological polar surface area (TPSA) is 58.6 Å². The molecule has 0 radical (unpaired) electrons. The average molecular weight is 276 g/mol. The molecule has 20 heavy (non-hydrogen) atoms. The number of amides is 2. The van der Waals surface area contributed by atoms with E-state index in [2.05, 4.69) is 29.1 Å². The van der Waals surface area contributed by atoms with Gasteiger partial charge in [-0.3, -0.25) is 4.79 Å². The first kappa shape index (κ1) is 14.4. The predicted octanol–water partition coefficient (Wildman–Crippen LogP) is 2.01. The quantitative estimate of drug-likeness (QED) is 0.859. The molecule has 1 saturated heterocycles. The zero-order valence-electron chi connectivity index (χ0n) is 11.9. The van der Waals surface area contributed by atoms with E-state index in [-0.39, 0.29) is 18.6 Å². The second-order valence-corrected chi connectivity index (χ2v) is 4.94. The minimum atomic E-state index is -0.440. The molecule has 1 aromatic carbocycles. The maximum absolute atomic E-state index is 12.2. The number of nitrogens with one attached hydrogen (secondary N) is 1. The fraction of sp³-hybridized carbons (Fsp3) is 0.467. The maximum Gasteiger partial charge on any atom is 0.325 e. The van der Waals surface area contributed by atoms with Crippen molar-refractivity contribution in [2.45, 2.75) is 25.8 Å². The Hall–Kier alpha value is -2.04. The number of hydrogen-bond donors (Lipinski definition) is 1. The standard InChI is InChI=1S/C15H20N2O3/c1-11-6-3-4-7-12(11)13-8-5-9-17(13)15(19)16-10-14(18)20-2/h3-4,6-7,13H,5,8-10H2,1-2H3,(H,16,19)/t13-/m1/s1. The van der Waals surface area contributed by atoms with E-state index in [0.29, 0.717) is 6.54 Å². The third-order valence-corrected chi connectivity index (χ3v) is 3.67. The number of benzene rings is 1. The lowest BCUT2D eigenvalue weighted by Gasteiger charge is -2.26. The molecule has 1 aromatic rings. The van der Waals surface area contributed by atoms with Gasteiger partial charge in [0.1, 0.15) is 6.54 Å². The fourth-order valence-corrected chi connectivity index (χ4v) is 2.62. The SMILES string of the molecule is COC(=O)CNC(=O)N1CCC[C@@H]1c1ccccc1C. The summed E-state index contributed by atoms with van der Waals surface area (Å²) >= 11 is 0. The number of urea groups is 1. The van der Waals surface area contributed by atoms with E-state index in [0.717, 1.165) is 12.8 Å².